The molecule has 0 atom stereocenters. The zero-order chi connectivity index (χ0) is 27.1. The summed E-state index contributed by atoms with van der Waals surface area (Å²) in [7, 11) is 0. The predicted octanol–water partition coefficient (Wildman–Crippen LogP) is 4.44. The number of thiocarbonyl (C=S) groups is 1. The molecule has 1 spiro atoms. The predicted molar refractivity (Wildman–Crippen MR) is 142 cm³/mol. The van der Waals surface area contributed by atoms with Gasteiger partial charge in [-0.3, -0.25) is 9.69 Å². The monoisotopic (exact) mass is 541 g/mol. The molecule has 1 amide bonds. The van der Waals surface area contributed by atoms with Crippen LogP contribution in [0.3, 0.4) is 0 Å². The van der Waals surface area contributed by atoms with E-state index in [-0.39, 0.29) is 10.8 Å². The van der Waals surface area contributed by atoms with Gasteiger partial charge in [0.2, 0.25) is 0 Å². The Balaban J connectivity index is 1.47. The first-order chi connectivity index (χ1) is 18.2. The molecule has 3 aliphatic rings. The van der Waals surface area contributed by atoms with Crippen molar-refractivity contribution in [3.8, 4) is 6.07 Å². The second kappa shape index (κ2) is 9.96. The highest BCUT2D eigenvalue weighted by Gasteiger charge is 2.59. The van der Waals surface area contributed by atoms with Gasteiger partial charge in [0.05, 0.1) is 17.4 Å². The van der Waals surface area contributed by atoms with Crippen molar-refractivity contribution in [1.29, 1.82) is 10.7 Å². The molecular formula is C26H26F3N7OS. The highest BCUT2D eigenvalue weighted by Crippen LogP contribution is 2.48. The molecule has 198 valence electrons. The summed E-state index contributed by atoms with van der Waals surface area (Å²) in [6.07, 6.45) is 1.41. The molecule has 8 nitrogen and oxygen atoms in total. The van der Waals surface area contributed by atoms with Crippen molar-refractivity contribution in [3.63, 3.8) is 0 Å². The van der Waals surface area contributed by atoms with E-state index in [0.717, 1.165) is 61.7 Å². The lowest BCUT2D eigenvalue weighted by Crippen LogP contribution is -2.55. The average Bonchev–Trinajstić information content (AvgIpc) is 3.13. The Morgan fingerprint density at radius 2 is 2.00 bits per heavy atom. The molecule has 1 saturated carbocycles. The summed E-state index contributed by atoms with van der Waals surface area (Å²) in [5.74, 6) is 0.116. The molecule has 3 fully saturated rings. The number of carbonyl (C=O) groups excluding carboxylic acids is 1. The number of alkyl halides is 3. The van der Waals surface area contributed by atoms with E-state index in [0.29, 0.717) is 30.0 Å². The van der Waals surface area contributed by atoms with Gasteiger partial charge in [-0.05, 0) is 87.6 Å². The van der Waals surface area contributed by atoms with Gasteiger partial charge < -0.3 is 20.9 Å². The second-order valence-corrected chi connectivity index (χ2v) is 10.2. The van der Waals surface area contributed by atoms with Gasteiger partial charge in [0, 0.05) is 29.7 Å². The normalized spacial score (nSPS) is 19.4. The molecule has 38 heavy (non-hydrogen) atoms. The average molecular weight is 542 g/mol. The third-order valence-electron chi connectivity index (χ3n) is 7.62. The van der Waals surface area contributed by atoms with Crippen LogP contribution in [0.5, 0.6) is 0 Å². The molecule has 1 aliphatic carbocycles. The quantitative estimate of drug-likeness (QED) is 0.367. The number of aromatic nitrogens is 1. The number of rotatable bonds is 6. The Morgan fingerprint density at radius 1 is 1.26 bits per heavy atom. The molecule has 2 aliphatic heterocycles. The number of pyridine rings is 1. The maximum absolute atomic E-state index is 13.7. The van der Waals surface area contributed by atoms with Crippen molar-refractivity contribution in [2.24, 2.45) is 5.92 Å². The summed E-state index contributed by atoms with van der Waals surface area (Å²) in [5, 5.41) is 23.9. The standard InChI is InChI=1S/C26H26F3N7OS/c27-26(28,29)20-11-19(15-34-22(20)13-31)35-23(37)25(6-1-7-25)36(24(35)38)18-2-3-21(17(10-18)12-30)33-14-16-4-8-32-9-5-16/h2-3,10-12,15-16,30,32-33H,1,4-9,14H2. The number of piperidine rings is 1. The van der Waals surface area contributed by atoms with E-state index in [1.165, 1.54) is 12.3 Å². The van der Waals surface area contributed by atoms with Crippen LogP contribution in [0.15, 0.2) is 30.5 Å². The van der Waals surface area contributed by atoms with Gasteiger partial charge in [0.1, 0.15) is 11.6 Å². The first-order valence-electron chi connectivity index (χ1n) is 12.4. The molecule has 0 bridgehead atoms. The molecule has 0 unspecified atom stereocenters. The molecule has 1 aromatic carbocycles. The minimum atomic E-state index is -4.82. The smallest absolute Gasteiger partial charge is 0.384 e. The Bertz CT molecular complexity index is 1330. The zero-order valence-corrected chi connectivity index (χ0v) is 21.3. The summed E-state index contributed by atoms with van der Waals surface area (Å²) in [6, 6.07) is 7.66. The number of nitrogens with one attached hydrogen (secondary N) is 3. The Labute approximate surface area is 223 Å². The maximum atomic E-state index is 13.7. The van der Waals surface area contributed by atoms with Gasteiger partial charge in [-0.25, -0.2) is 4.98 Å². The SMILES string of the molecule is N#Cc1ncc(N2C(=O)C3(CCC3)N(c3ccc(NCC4CCNCC4)c(C=N)c3)C2=S)cc1C(F)(F)F. The third-order valence-corrected chi connectivity index (χ3v) is 7.99. The summed E-state index contributed by atoms with van der Waals surface area (Å²) < 4.78 is 40.8. The van der Waals surface area contributed by atoms with Crippen LogP contribution >= 0.6 is 12.2 Å². The Hall–Kier alpha value is -3.56. The lowest BCUT2D eigenvalue weighted by Gasteiger charge is -2.43. The van der Waals surface area contributed by atoms with E-state index in [1.54, 1.807) is 11.0 Å². The van der Waals surface area contributed by atoms with Crippen molar-refractivity contribution < 1.29 is 18.0 Å². The van der Waals surface area contributed by atoms with E-state index in [1.807, 2.05) is 12.1 Å². The maximum Gasteiger partial charge on any atom is 0.419 e. The van der Waals surface area contributed by atoms with E-state index in [9.17, 15) is 18.0 Å². The molecule has 5 rings (SSSR count). The van der Waals surface area contributed by atoms with Crippen LogP contribution < -0.4 is 20.4 Å². The van der Waals surface area contributed by atoms with Crippen LogP contribution in [-0.2, 0) is 11.0 Å². The second-order valence-electron chi connectivity index (χ2n) is 9.83. The molecule has 12 heteroatoms. The van der Waals surface area contributed by atoms with Crippen molar-refractivity contribution in [2.45, 2.75) is 43.8 Å². The number of carbonyl (C=O) groups is 1. The van der Waals surface area contributed by atoms with Gasteiger partial charge in [-0.15, -0.1) is 0 Å². The minimum absolute atomic E-state index is 0.0423. The lowest BCUT2D eigenvalue weighted by molar-refractivity contribution is -0.138. The van der Waals surface area contributed by atoms with Crippen molar-refractivity contribution in [1.82, 2.24) is 10.3 Å². The first-order valence-corrected chi connectivity index (χ1v) is 12.9. The van der Waals surface area contributed by atoms with E-state index < -0.39 is 28.9 Å². The van der Waals surface area contributed by atoms with Gasteiger partial charge in [0.15, 0.2) is 10.8 Å². The fourth-order valence-corrected chi connectivity index (χ4v) is 5.87. The van der Waals surface area contributed by atoms with Crippen LogP contribution in [0.1, 0.15) is 48.9 Å². The van der Waals surface area contributed by atoms with Crippen LogP contribution in [0.4, 0.5) is 30.2 Å². The van der Waals surface area contributed by atoms with Gasteiger partial charge in [0.25, 0.3) is 5.91 Å². The Kier molecular flexibility index (Phi) is 6.83. The molecule has 2 saturated heterocycles. The molecular weight excluding hydrogens is 515 g/mol. The van der Waals surface area contributed by atoms with Crippen LogP contribution in [0, 0.1) is 22.7 Å². The van der Waals surface area contributed by atoms with Crippen LogP contribution in [0.2, 0.25) is 0 Å². The highest BCUT2D eigenvalue weighted by atomic mass is 32.1. The van der Waals surface area contributed by atoms with Crippen molar-refractivity contribution in [3.05, 3.63) is 47.3 Å². The Morgan fingerprint density at radius 3 is 2.61 bits per heavy atom. The van der Waals surface area contributed by atoms with Crippen molar-refractivity contribution >= 4 is 46.5 Å². The number of hydrogen-bond donors (Lipinski definition) is 3. The number of anilines is 3. The van der Waals surface area contributed by atoms with Gasteiger partial charge in [-0.2, -0.15) is 18.4 Å². The van der Waals surface area contributed by atoms with Gasteiger partial charge in [-0.1, -0.05) is 0 Å². The van der Waals surface area contributed by atoms with Crippen LogP contribution in [0.25, 0.3) is 0 Å². The number of nitriles is 1. The molecule has 3 heterocycles. The molecule has 0 radical (unpaired) electrons. The van der Waals surface area contributed by atoms with Gasteiger partial charge >= 0.3 is 6.18 Å². The summed E-state index contributed by atoms with van der Waals surface area (Å²) in [5.41, 5.74) is -1.11. The molecule has 3 N–H and O–H groups in total. The fraction of sp³-hybridized carbons (Fsp3) is 0.423. The highest BCUT2D eigenvalue weighted by molar-refractivity contribution is 7.81. The summed E-state index contributed by atoms with van der Waals surface area (Å²) in [6.45, 7) is 2.76. The number of halogens is 3. The fourth-order valence-electron chi connectivity index (χ4n) is 5.40. The zero-order valence-electron chi connectivity index (χ0n) is 20.4. The summed E-state index contributed by atoms with van der Waals surface area (Å²) in [4.78, 5) is 20.1. The minimum Gasteiger partial charge on any atom is -0.384 e. The van der Waals surface area contributed by atoms with E-state index >= 15 is 0 Å². The van der Waals surface area contributed by atoms with Crippen LogP contribution in [-0.4, -0.2) is 47.4 Å². The van der Waals surface area contributed by atoms with E-state index in [2.05, 4.69) is 15.6 Å². The first kappa shape index (κ1) is 26.1. The summed E-state index contributed by atoms with van der Waals surface area (Å²) >= 11 is 5.68. The molecule has 2 aromatic rings. The lowest BCUT2D eigenvalue weighted by atomic mass is 9.75. The number of benzene rings is 1. The molecule has 1 aromatic heterocycles. The third kappa shape index (κ3) is 4.39. The number of nitrogens with zero attached hydrogens (tertiary/aromatic N) is 4. The van der Waals surface area contributed by atoms with Crippen molar-refractivity contribution in [2.75, 3.05) is 34.8 Å². The number of hydrogen-bond acceptors (Lipinski definition) is 7. The van der Waals surface area contributed by atoms with E-state index in [4.69, 9.17) is 22.9 Å². The largest absolute Gasteiger partial charge is 0.419 e. The topological polar surface area (TPSA) is 108 Å². The number of amides is 1.